The molecule has 5 atom stereocenters. The molecule has 0 aromatic carbocycles. The molecule has 5 N–H and O–H groups in total. The van der Waals surface area contributed by atoms with E-state index in [4.69, 9.17) is 15.2 Å². The Labute approximate surface area is 153 Å². The molecule has 4 rings (SSSR count). The summed E-state index contributed by atoms with van der Waals surface area (Å²) in [4.78, 5) is 17.4. The van der Waals surface area contributed by atoms with Gasteiger partial charge in [0.05, 0.1) is 30.5 Å². The molecule has 1 aliphatic heterocycles. The van der Waals surface area contributed by atoms with Gasteiger partial charge < -0.3 is 20.3 Å². The van der Waals surface area contributed by atoms with Crippen molar-refractivity contribution in [1.29, 1.82) is 0 Å². The number of aliphatic hydroxyl groups is 2. The molecule has 2 aliphatic rings. The first kappa shape index (κ1) is 18.4. The number of rotatable bonds is 6. The Morgan fingerprint density at radius 3 is 2.81 bits per heavy atom. The number of aromatic nitrogens is 4. The van der Waals surface area contributed by atoms with E-state index in [1.54, 1.807) is 4.57 Å². The largest absolute Gasteiger partial charge is 0.393 e. The van der Waals surface area contributed by atoms with Gasteiger partial charge in [0.1, 0.15) is 12.4 Å². The molecule has 0 unspecified atom stereocenters. The fourth-order valence-corrected chi connectivity index (χ4v) is 3.66. The van der Waals surface area contributed by atoms with E-state index in [0.717, 1.165) is 12.8 Å². The van der Waals surface area contributed by atoms with Crippen LogP contribution in [0.3, 0.4) is 0 Å². The fourth-order valence-electron chi connectivity index (χ4n) is 3.66. The zero-order valence-electron chi connectivity index (χ0n) is 14.4. The Morgan fingerprint density at radius 1 is 1.22 bits per heavy atom. The third-order valence-corrected chi connectivity index (χ3v) is 4.92. The molecule has 0 spiro atoms. The third kappa shape index (κ3) is 3.87. The van der Waals surface area contributed by atoms with Crippen LogP contribution >= 0.6 is 0 Å². The average Bonchev–Trinajstić information content (AvgIpc) is 3.32. The maximum absolute atomic E-state index is 10.3. The van der Waals surface area contributed by atoms with Gasteiger partial charge >= 0.3 is 0 Å². The van der Waals surface area contributed by atoms with Crippen LogP contribution in [0.2, 0.25) is 0 Å². The summed E-state index contributed by atoms with van der Waals surface area (Å²) in [5.74, 6) is 0.571. The second-order valence-corrected chi connectivity index (χ2v) is 6.85. The van der Waals surface area contributed by atoms with Crippen molar-refractivity contribution >= 4 is 17.0 Å². The quantitative estimate of drug-likeness (QED) is 0.422. The van der Waals surface area contributed by atoms with Crippen LogP contribution in [0.25, 0.3) is 11.2 Å². The van der Waals surface area contributed by atoms with E-state index in [0.29, 0.717) is 23.4 Å². The zero-order chi connectivity index (χ0) is 19.0. The van der Waals surface area contributed by atoms with Gasteiger partial charge in [-0.1, -0.05) is 0 Å². The predicted molar refractivity (Wildman–Crippen MR) is 88.5 cm³/mol. The maximum Gasteiger partial charge on any atom is 0.167 e. The predicted octanol–water partition coefficient (Wildman–Crippen LogP) is -0.188. The van der Waals surface area contributed by atoms with E-state index >= 15 is 0 Å². The van der Waals surface area contributed by atoms with Crippen LogP contribution in [0, 0.1) is 0 Å². The molecule has 0 amide bonds. The van der Waals surface area contributed by atoms with Crippen LogP contribution < -0.4 is 5.32 Å². The number of ether oxygens (including phenoxy) is 1. The normalized spacial score (nSPS) is 31.2. The number of nitrogens with zero attached hydrogens (tertiary/aromatic N) is 5. The summed E-state index contributed by atoms with van der Waals surface area (Å²) in [6, 6.07) is 0.123. The Morgan fingerprint density at radius 2 is 2.07 bits per heavy atom. The second kappa shape index (κ2) is 7.59. The lowest BCUT2D eigenvalue weighted by Crippen LogP contribution is -2.23. The van der Waals surface area contributed by atoms with E-state index in [1.807, 2.05) is 0 Å². The summed E-state index contributed by atoms with van der Waals surface area (Å²) in [6.07, 6.45) is 3.07. The number of anilines is 1. The van der Waals surface area contributed by atoms with E-state index in [2.05, 4.69) is 25.1 Å². The molecule has 12 heteroatoms. The molecule has 1 aliphatic carbocycles. The zero-order valence-corrected chi connectivity index (χ0v) is 14.4. The molecule has 12 nitrogen and oxygen atoms in total. The molecular formula is C15H22N6O6. The van der Waals surface area contributed by atoms with Crippen molar-refractivity contribution in [2.75, 3.05) is 11.9 Å². The second-order valence-electron chi connectivity index (χ2n) is 6.85. The van der Waals surface area contributed by atoms with E-state index in [1.165, 1.54) is 12.7 Å². The lowest BCUT2D eigenvalue weighted by Gasteiger charge is -2.17. The van der Waals surface area contributed by atoms with Crippen molar-refractivity contribution in [1.82, 2.24) is 24.9 Å². The SMILES string of the molecule is O[C@@H]1CC[C@@H](Nc2ncnc3c2ncn3[C@@H]2O[C@H](CON(O)O)C[C@H]2O)C1. The third-order valence-electron chi connectivity index (χ3n) is 4.92. The highest BCUT2D eigenvalue weighted by Gasteiger charge is 2.37. The summed E-state index contributed by atoms with van der Waals surface area (Å²) >= 11 is 0. The number of imidazole rings is 1. The maximum atomic E-state index is 10.3. The first-order valence-electron chi connectivity index (χ1n) is 8.77. The number of fused-ring (bicyclic) bond motifs is 1. The Bertz CT molecular complexity index is 787. The van der Waals surface area contributed by atoms with Gasteiger partial charge in [0.25, 0.3) is 0 Å². The van der Waals surface area contributed by atoms with E-state index < -0.39 is 18.4 Å². The van der Waals surface area contributed by atoms with Crippen LogP contribution in [0.4, 0.5) is 5.82 Å². The molecule has 2 fully saturated rings. The van der Waals surface area contributed by atoms with Crippen LogP contribution in [0.5, 0.6) is 0 Å². The van der Waals surface area contributed by atoms with Gasteiger partial charge in [0.15, 0.2) is 23.2 Å². The molecule has 0 radical (unpaired) electrons. The molecule has 3 heterocycles. The minimum atomic E-state index is -0.835. The molecule has 0 bridgehead atoms. The van der Waals surface area contributed by atoms with Gasteiger partial charge in [-0.05, 0) is 19.3 Å². The van der Waals surface area contributed by atoms with Crippen LogP contribution in [0.1, 0.15) is 31.9 Å². The molecule has 2 aromatic rings. The molecule has 27 heavy (non-hydrogen) atoms. The van der Waals surface area contributed by atoms with E-state index in [-0.39, 0.29) is 30.6 Å². The molecule has 2 aromatic heterocycles. The smallest absolute Gasteiger partial charge is 0.167 e. The lowest BCUT2D eigenvalue weighted by molar-refractivity contribution is -0.495. The van der Waals surface area contributed by atoms with Gasteiger partial charge in [-0.25, -0.2) is 19.8 Å². The number of hydrogen-bond donors (Lipinski definition) is 5. The molecule has 1 saturated heterocycles. The summed E-state index contributed by atoms with van der Waals surface area (Å²) in [5.41, 5.74) is 1.05. The Kier molecular flexibility index (Phi) is 5.19. The van der Waals surface area contributed by atoms with Gasteiger partial charge in [0, 0.05) is 12.5 Å². The number of aliphatic hydroxyl groups excluding tert-OH is 2. The lowest BCUT2D eigenvalue weighted by atomic mass is 10.2. The average molecular weight is 382 g/mol. The Hall–Kier alpha value is -1.93. The first-order chi connectivity index (χ1) is 13.0. The summed E-state index contributed by atoms with van der Waals surface area (Å²) in [6.45, 7) is -0.126. The Balaban J connectivity index is 1.52. The summed E-state index contributed by atoms with van der Waals surface area (Å²) in [7, 11) is 0. The molecular weight excluding hydrogens is 360 g/mol. The standard InChI is InChI=1S/C15H22N6O6/c22-9-2-1-8(3-9)19-13-12-14(17-6-16-13)20(7-18-12)15-11(23)4-10(27-15)5-26-21(24)25/h6-11,15,22-25H,1-5H2,(H,16,17,19)/t8-,9-,10+,11-,15-/m1/s1. The van der Waals surface area contributed by atoms with E-state index in [9.17, 15) is 10.2 Å². The topological polar surface area (TPSA) is 158 Å². The van der Waals surface area contributed by atoms with Crippen LogP contribution in [-0.2, 0) is 9.57 Å². The number of hydrogen-bond acceptors (Lipinski definition) is 11. The van der Waals surface area contributed by atoms with Crippen molar-refractivity contribution in [3.8, 4) is 0 Å². The highest BCUT2D eigenvalue weighted by molar-refractivity contribution is 5.82. The van der Waals surface area contributed by atoms with Gasteiger partial charge in [0.2, 0.25) is 0 Å². The van der Waals surface area contributed by atoms with Crippen LogP contribution in [-0.4, -0.2) is 76.5 Å². The molecule has 1 saturated carbocycles. The minimum Gasteiger partial charge on any atom is -0.393 e. The first-order valence-corrected chi connectivity index (χ1v) is 8.77. The van der Waals surface area contributed by atoms with Crippen molar-refractivity contribution in [3.63, 3.8) is 0 Å². The van der Waals surface area contributed by atoms with Crippen molar-refractivity contribution in [2.24, 2.45) is 0 Å². The van der Waals surface area contributed by atoms with Gasteiger partial charge in [-0.2, -0.15) is 0 Å². The van der Waals surface area contributed by atoms with Gasteiger partial charge in [-0.3, -0.25) is 15.0 Å². The number of nitrogens with one attached hydrogen (secondary N) is 1. The minimum absolute atomic E-state index is 0.123. The van der Waals surface area contributed by atoms with Gasteiger partial charge in [-0.15, -0.1) is 0 Å². The monoisotopic (exact) mass is 382 g/mol. The fraction of sp³-hybridized carbons (Fsp3) is 0.667. The highest BCUT2D eigenvalue weighted by Crippen LogP contribution is 2.32. The highest BCUT2D eigenvalue weighted by atomic mass is 17.1. The summed E-state index contributed by atoms with van der Waals surface area (Å²) < 4.78 is 7.37. The van der Waals surface area contributed by atoms with Crippen LogP contribution in [0.15, 0.2) is 12.7 Å². The summed E-state index contributed by atoms with van der Waals surface area (Å²) in [5, 5.41) is 40.2. The van der Waals surface area contributed by atoms with Crippen molar-refractivity contribution in [3.05, 3.63) is 12.7 Å². The molecule has 148 valence electrons. The van der Waals surface area contributed by atoms with Crippen molar-refractivity contribution < 1.29 is 30.2 Å². The van der Waals surface area contributed by atoms with Crippen molar-refractivity contribution in [2.45, 2.75) is 56.3 Å².